The summed E-state index contributed by atoms with van der Waals surface area (Å²) in [6, 6.07) is 6.61. The molecular weight excluding hydrogens is 222 g/mol. The van der Waals surface area contributed by atoms with E-state index < -0.39 is 0 Å². The number of aryl methyl sites for hydroxylation is 1. The van der Waals surface area contributed by atoms with Gasteiger partial charge in [0, 0.05) is 17.6 Å². The van der Waals surface area contributed by atoms with Crippen LogP contribution in [0.25, 0.3) is 0 Å². The Morgan fingerprint density at radius 2 is 2.00 bits per heavy atom. The third-order valence-electron chi connectivity index (χ3n) is 4.58. The van der Waals surface area contributed by atoms with Crippen LogP contribution in [0.3, 0.4) is 0 Å². The van der Waals surface area contributed by atoms with Crippen LogP contribution in [-0.2, 0) is 0 Å². The molecule has 0 heterocycles. The molecule has 0 amide bonds. The minimum Gasteiger partial charge on any atom is -0.508 e. The summed E-state index contributed by atoms with van der Waals surface area (Å²) in [5.74, 6) is 1.93. The molecule has 1 aliphatic rings. The SMILES string of the molecule is Cc1ccc(O)c(C(C)NC2CCC(C)C2C)c1. The number of hydrogen-bond acceptors (Lipinski definition) is 2. The van der Waals surface area contributed by atoms with Crippen LogP contribution in [0.5, 0.6) is 5.75 Å². The lowest BCUT2D eigenvalue weighted by molar-refractivity contribution is 0.342. The predicted octanol–water partition coefficient (Wildman–Crippen LogP) is 3.79. The van der Waals surface area contributed by atoms with Gasteiger partial charge in [0.1, 0.15) is 5.75 Å². The zero-order valence-corrected chi connectivity index (χ0v) is 11.9. The third-order valence-corrected chi connectivity index (χ3v) is 4.58. The van der Waals surface area contributed by atoms with Crippen LogP contribution in [0, 0.1) is 18.8 Å². The Hall–Kier alpha value is -1.02. The summed E-state index contributed by atoms with van der Waals surface area (Å²) in [7, 11) is 0. The van der Waals surface area contributed by atoms with Crippen LogP contribution in [0.2, 0.25) is 0 Å². The number of aromatic hydroxyl groups is 1. The van der Waals surface area contributed by atoms with Crippen LogP contribution in [0.1, 0.15) is 50.8 Å². The average Bonchev–Trinajstić information content (AvgIpc) is 2.64. The number of hydrogen-bond donors (Lipinski definition) is 2. The fourth-order valence-electron chi connectivity index (χ4n) is 3.03. The summed E-state index contributed by atoms with van der Waals surface area (Å²) in [4.78, 5) is 0. The third kappa shape index (κ3) is 2.69. The molecule has 0 radical (unpaired) electrons. The van der Waals surface area contributed by atoms with E-state index in [1.807, 2.05) is 6.07 Å². The molecule has 18 heavy (non-hydrogen) atoms. The van der Waals surface area contributed by atoms with Crippen molar-refractivity contribution in [3.8, 4) is 5.75 Å². The summed E-state index contributed by atoms with van der Waals surface area (Å²) in [6.45, 7) is 8.87. The van der Waals surface area contributed by atoms with E-state index >= 15 is 0 Å². The molecule has 1 aromatic rings. The van der Waals surface area contributed by atoms with Gasteiger partial charge in [-0.15, -0.1) is 0 Å². The van der Waals surface area contributed by atoms with Crippen molar-refractivity contribution in [3.63, 3.8) is 0 Å². The Labute approximate surface area is 110 Å². The highest BCUT2D eigenvalue weighted by Gasteiger charge is 2.30. The van der Waals surface area contributed by atoms with Gasteiger partial charge in [0.15, 0.2) is 0 Å². The van der Waals surface area contributed by atoms with E-state index in [4.69, 9.17) is 0 Å². The Morgan fingerprint density at radius 3 is 2.61 bits per heavy atom. The van der Waals surface area contributed by atoms with Crippen molar-refractivity contribution in [3.05, 3.63) is 29.3 Å². The number of nitrogens with one attached hydrogen (secondary N) is 1. The standard InChI is InChI=1S/C16H25NO/c1-10-5-8-16(18)14(9-10)13(4)17-15-7-6-11(2)12(15)3/h5,8-9,11-13,15,17-18H,6-7H2,1-4H3. The lowest BCUT2D eigenvalue weighted by Gasteiger charge is -2.25. The number of benzene rings is 1. The fourth-order valence-corrected chi connectivity index (χ4v) is 3.03. The smallest absolute Gasteiger partial charge is 0.120 e. The van der Waals surface area contributed by atoms with E-state index in [-0.39, 0.29) is 6.04 Å². The molecule has 2 N–H and O–H groups in total. The Bertz CT molecular complexity index is 416. The number of rotatable bonds is 3. The van der Waals surface area contributed by atoms with Crippen molar-refractivity contribution in [2.75, 3.05) is 0 Å². The normalized spacial score (nSPS) is 29.4. The highest BCUT2D eigenvalue weighted by Crippen LogP contribution is 2.33. The van der Waals surface area contributed by atoms with Gasteiger partial charge in [0.25, 0.3) is 0 Å². The lowest BCUT2D eigenvalue weighted by atomic mass is 9.96. The van der Waals surface area contributed by atoms with Gasteiger partial charge in [-0.3, -0.25) is 0 Å². The zero-order chi connectivity index (χ0) is 13.3. The Kier molecular flexibility index (Phi) is 3.96. The van der Waals surface area contributed by atoms with E-state index in [1.165, 1.54) is 18.4 Å². The first-order chi connectivity index (χ1) is 8.49. The van der Waals surface area contributed by atoms with Gasteiger partial charge in [-0.25, -0.2) is 0 Å². The molecule has 0 bridgehead atoms. The molecule has 2 nitrogen and oxygen atoms in total. The topological polar surface area (TPSA) is 32.3 Å². The molecule has 0 spiro atoms. The van der Waals surface area contributed by atoms with Gasteiger partial charge in [-0.2, -0.15) is 0 Å². The van der Waals surface area contributed by atoms with E-state index in [0.29, 0.717) is 11.8 Å². The average molecular weight is 247 g/mol. The highest BCUT2D eigenvalue weighted by molar-refractivity contribution is 5.37. The first-order valence-corrected chi connectivity index (χ1v) is 7.04. The highest BCUT2D eigenvalue weighted by atomic mass is 16.3. The van der Waals surface area contributed by atoms with Gasteiger partial charge in [0.05, 0.1) is 0 Å². The summed E-state index contributed by atoms with van der Waals surface area (Å²) in [6.07, 6.45) is 2.56. The van der Waals surface area contributed by atoms with Gasteiger partial charge in [-0.1, -0.05) is 31.5 Å². The molecule has 1 aromatic carbocycles. The second kappa shape index (κ2) is 5.31. The largest absolute Gasteiger partial charge is 0.508 e. The summed E-state index contributed by atoms with van der Waals surface area (Å²) in [5, 5.41) is 13.6. The number of phenolic OH excluding ortho intramolecular Hbond substituents is 1. The molecule has 1 saturated carbocycles. The molecule has 2 heteroatoms. The minimum absolute atomic E-state index is 0.211. The molecule has 100 valence electrons. The molecule has 2 rings (SSSR count). The van der Waals surface area contributed by atoms with Crippen molar-refractivity contribution in [2.24, 2.45) is 11.8 Å². The van der Waals surface area contributed by atoms with Crippen LogP contribution in [0.15, 0.2) is 18.2 Å². The Morgan fingerprint density at radius 1 is 1.28 bits per heavy atom. The van der Waals surface area contributed by atoms with Crippen LogP contribution in [0.4, 0.5) is 0 Å². The van der Waals surface area contributed by atoms with Crippen molar-refractivity contribution >= 4 is 0 Å². The fraction of sp³-hybridized carbons (Fsp3) is 0.625. The quantitative estimate of drug-likeness (QED) is 0.852. The van der Waals surface area contributed by atoms with Crippen LogP contribution < -0.4 is 5.32 Å². The zero-order valence-electron chi connectivity index (χ0n) is 11.9. The first-order valence-electron chi connectivity index (χ1n) is 7.04. The van der Waals surface area contributed by atoms with Crippen LogP contribution in [-0.4, -0.2) is 11.1 Å². The first kappa shape index (κ1) is 13.4. The predicted molar refractivity (Wildman–Crippen MR) is 75.7 cm³/mol. The molecule has 1 fully saturated rings. The molecular formula is C16H25NO. The molecule has 0 aromatic heterocycles. The van der Waals surface area contributed by atoms with E-state index in [2.05, 4.69) is 39.1 Å². The van der Waals surface area contributed by atoms with Gasteiger partial charge in [-0.05, 0) is 44.6 Å². The van der Waals surface area contributed by atoms with Crippen LogP contribution >= 0.6 is 0 Å². The summed E-state index contributed by atoms with van der Waals surface area (Å²) in [5.41, 5.74) is 2.21. The maximum absolute atomic E-state index is 9.96. The molecule has 1 aliphatic carbocycles. The van der Waals surface area contributed by atoms with Crippen molar-refractivity contribution < 1.29 is 5.11 Å². The number of phenols is 1. The molecule has 0 saturated heterocycles. The maximum Gasteiger partial charge on any atom is 0.120 e. The minimum atomic E-state index is 0.211. The second-order valence-electron chi connectivity index (χ2n) is 5.97. The maximum atomic E-state index is 9.96. The lowest BCUT2D eigenvalue weighted by Crippen LogP contribution is -2.34. The van der Waals surface area contributed by atoms with E-state index in [9.17, 15) is 5.11 Å². The summed E-state index contributed by atoms with van der Waals surface area (Å²) < 4.78 is 0. The second-order valence-corrected chi connectivity index (χ2v) is 5.97. The van der Waals surface area contributed by atoms with Crippen molar-refractivity contribution in [1.29, 1.82) is 0 Å². The Balaban J connectivity index is 2.08. The molecule has 4 unspecified atom stereocenters. The monoisotopic (exact) mass is 247 g/mol. The van der Waals surface area contributed by atoms with Gasteiger partial charge in [0.2, 0.25) is 0 Å². The molecule has 0 aliphatic heterocycles. The van der Waals surface area contributed by atoms with E-state index in [1.54, 1.807) is 6.07 Å². The van der Waals surface area contributed by atoms with Gasteiger partial charge < -0.3 is 10.4 Å². The van der Waals surface area contributed by atoms with Crippen molar-refractivity contribution in [2.45, 2.75) is 52.6 Å². The van der Waals surface area contributed by atoms with E-state index in [0.717, 1.165) is 17.4 Å². The summed E-state index contributed by atoms with van der Waals surface area (Å²) >= 11 is 0. The molecule has 4 atom stereocenters. The van der Waals surface area contributed by atoms with Crippen molar-refractivity contribution in [1.82, 2.24) is 5.32 Å². The van der Waals surface area contributed by atoms with Gasteiger partial charge >= 0.3 is 0 Å².